The van der Waals surface area contributed by atoms with E-state index in [9.17, 15) is 0 Å². The van der Waals surface area contributed by atoms with Crippen molar-refractivity contribution in [2.75, 3.05) is 6.54 Å². The molecule has 2 nitrogen and oxygen atoms in total. The van der Waals surface area contributed by atoms with Crippen molar-refractivity contribution in [1.82, 2.24) is 5.32 Å². The topological polar surface area (TPSA) is 24.4 Å². The van der Waals surface area contributed by atoms with Gasteiger partial charge in [0, 0.05) is 19.5 Å². The predicted molar refractivity (Wildman–Crippen MR) is 64.2 cm³/mol. The first-order valence-corrected chi connectivity index (χ1v) is 5.67. The Kier molecular flexibility index (Phi) is 3.38. The minimum absolute atomic E-state index is 0.902. The molecule has 0 fully saturated rings. The number of hydrogen-bond acceptors (Lipinski definition) is 2. The maximum Gasteiger partial charge on any atom is 0.0965 e. The highest BCUT2D eigenvalue weighted by Gasteiger charge is 2.03. The van der Waals surface area contributed by atoms with Crippen LogP contribution < -0.4 is 5.32 Å². The Morgan fingerprint density at radius 1 is 1.20 bits per heavy atom. The second-order valence-corrected chi connectivity index (χ2v) is 4.12. The van der Waals surface area contributed by atoms with Crippen molar-refractivity contribution >= 4 is 5.84 Å². The van der Waals surface area contributed by atoms with Gasteiger partial charge in [-0.2, -0.15) is 0 Å². The number of amidine groups is 1. The Morgan fingerprint density at radius 3 is 2.67 bits per heavy atom. The van der Waals surface area contributed by atoms with E-state index in [0.717, 1.165) is 19.5 Å². The molecule has 15 heavy (non-hydrogen) atoms. The van der Waals surface area contributed by atoms with Gasteiger partial charge in [-0.15, -0.1) is 0 Å². The van der Waals surface area contributed by atoms with Gasteiger partial charge in [0.1, 0.15) is 0 Å². The lowest BCUT2D eigenvalue weighted by atomic mass is 10.1. The summed E-state index contributed by atoms with van der Waals surface area (Å²) in [5.41, 5.74) is 2.64. The van der Waals surface area contributed by atoms with Gasteiger partial charge in [-0.05, 0) is 25.3 Å². The summed E-state index contributed by atoms with van der Waals surface area (Å²) in [6.45, 7) is 4.01. The lowest BCUT2D eigenvalue weighted by Gasteiger charge is -2.13. The summed E-state index contributed by atoms with van der Waals surface area (Å²) in [6, 6.07) is 8.65. The van der Waals surface area contributed by atoms with Crippen molar-refractivity contribution in [3.05, 3.63) is 35.4 Å². The van der Waals surface area contributed by atoms with E-state index < -0.39 is 0 Å². The molecule has 0 aliphatic carbocycles. The van der Waals surface area contributed by atoms with E-state index in [1.54, 1.807) is 0 Å². The van der Waals surface area contributed by atoms with Gasteiger partial charge < -0.3 is 5.32 Å². The Bertz CT molecular complexity index is 338. The first kappa shape index (κ1) is 10.2. The second kappa shape index (κ2) is 4.96. The van der Waals surface area contributed by atoms with Crippen LogP contribution in [0.3, 0.4) is 0 Å². The van der Waals surface area contributed by atoms with E-state index in [1.807, 2.05) is 0 Å². The van der Waals surface area contributed by atoms with Crippen LogP contribution in [0.4, 0.5) is 0 Å². The lowest BCUT2D eigenvalue weighted by Crippen LogP contribution is -2.25. The average Bonchev–Trinajstić information content (AvgIpc) is 2.30. The van der Waals surface area contributed by atoms with Crippen molar-refractivity contribution in [1.29, 1.82) is 0 Å². The zero-order valence-electron chi connectivity index (χ0n) is 9.29. The van der Waals surface area contributed by atoms with E-state index >= 15 is 0 Å². The quantitative estimate of drug-likeness (QED) is 0.783. The molecular weight excluding hydrogens is 184 g/mol. The van der Waals surface area contributed by atoms with Crippen LogP contribution >= 0.6 is 0 Å². The molecular formula is C13H18N2. The fraction of sp³-hybridized carbons (Fsp3) is 0.462. The summed E-state index contributed by atoms with van der Waals surface area (Å²) in [7, 11) is 0. The fourth-order valence-electron chi connectivity index (χ4n) is 1.75. The lowest BCUT2D eigenvalue weighted by molar-refractivity contribution is 0.706. The van der Waals surface area contributed by atoms with Crippen LogP contribution in [-0.4, -0.2) is 12.4 Å². The van der Waals surface area contributed by atoms with Gasteiger partial charge in [-0.25, -0.2) is 0 Å². The van der Waals surface area contributed by atoms with Gasteiger partial charge >= 0.3 is 0 Å². The maximum atomic E-state index is 4.47. The van der Waals surface area contributed by atoms with Crippen LogP contribution in [0.15, 0.2) is 29.3 Å². The van der Waals surface area contributed by atoms with Crippen molar-refractivity contribution in [3.8, 4) is 0 Å². The van der Waals surface area contributed by atoms with Crippen LogP contribution in [0.2, 0.25) is 0 Å². The molecule has 0 unspecified atom stereocenters. The molecule has 1 aromatic rings. The van der Waals surface area contributed by atoms with Crippen LogP contribution in [0.1, 0.15) is 30.4 Å². The molecule has 0 bridgehead atoms. The Labute approximate surface area is 91.4 Å². The highest BCUT2D eigenvalue weighted by Crippen LogP contribution is 2.06. The summed E-state index contributed by atoms with van der Waals surface area (Å²) < 4.78 is 0. The molecule has 0 amide bonds. The van der Waals surface area contributed by atoms with Crippen molar-refractivity contribution < 1.29 is 0 Å². The van der Waals surface area contributed by atoms with E-state index in [1.165, 1.54) is 29.8 Å². The van der Waals surface area contributed by atoms with Crippen molar-refractivity contribution in [2.24, 2.45) is 4.99 Å². The normalized spacial score (nSPS) is 15.9. The summed E-state index contributed by atoms with van der Waals surface area (Å²) in [6.07, 6.45) is 3.64. The summed E-state index contributed by atoms with van der Waals surface area (Å²) in [5.74, 6) is 1.18. The fourth-order valence-corrected chi connectivity index (χ4v) is 1.75. The number of benzene rings is 1. The zero-order valence-corrected chi connectivity index (χ0v) is 9.29. The third-order valence-corrected chi connectivity index (χ3v) is 2.74. The Balaban J connectivity index is 1.87. The molecule has 0 saturated carbocycles. The van der Waals surface area contributed by atoms with E-state index in [0.29, 0.717) is 0 Å². The zero-order chi connectivity index (χ0) is 10.5. The molecule has 0 saturated heterocycles. The van der Waals surface area contributed by atoms with Gasteiger partial charge in [0.15, 0.2) is 0 Å². The third-order valence-electron chi connectivity index (χ3n) is 2.74. The summed E-state index contributed by atoms with van der Waals surface area (Å²) in [4.78, 5) is 4.47. The van der Waals surface area contributed by atoms with Gasteiger partial charge in [0.25, 0.3) is 0 Å². The van der Waals surface area contributed by atoms with Crippen LogP contribution in [-0.2, 0) is 6.54 Å². The van der Waals surface area contributed by atoms with Gasteiger partial charge in [-0.3, -0.25) is 4.99 Å². The highest BCUT2D eigenvalue weighted by molar-refractivity contribution is 5.82. The highest BCUT2D eigenvalue weighted by atomic mass is 15.0. The van der Waals surface area contributed by atoms with Crippen LogP contribution in [0.5, 0.6) is 0 Å². The Morgan fingerprint density at radius 2 is 2.00 bits per heavy atom. The minimum Gasteiger partial charge on any atom is -0.370 e. The first-order chi connectivity index (χ1) is 7.34. The van der Waals surface area contributed by atoms with Crippen LogP contribution in [0.25, 0.3) is 0 Å². The number of aryl methyl sites for hydroxylation is 1. The summed E-state index contributed by atoms with van der Waals surface area (Å²) in [5, 5.41) is 3.41. The molecule has 0 radical (unpaired) electrons. The number of nitrogens with one attached hydrogen (secondary N) is 1. The summed E-state index contributed by atoms with van der Waals surface area (Å²) >= 11 is 0. The largest absolute Gasteiger partial charge is 0.370 e. The number of rotatable bonds is 2. The van der Waals surface area contributed by atoms with Gasteiger partial charge in [-0.1, -0.05) is 29.8 Å². The van der Waals surface area contributed by atoms with E-state index in [4.69, 9.17) is 0 Å². The standard InChI is InChI=1S/C13H18N2/c1-11-5-7-12(8-6-11)10-15-13-4-2-3-9-14-13/h5-8H,2-4,9-10H2,1H3,(H,14,15). The molecule has 1 aromatic carbocycles. The number of hydrogen-bond donors (Lipinski definition) is 1. The molecule has 80 valence electrons. The average molecular weight is 202 g/mol. The molecule has 2 heteroatoms. The molecule has 2 rings (SSSR count). The SMILES string of the molecule is Cc1ccc(CNC2=NCCCC2)cc1. The second-order valence-electron chi connectivity index (χ2n) is 4.12. The predicted octanol–water partition coefficient (Wildman–Crippen LogP) is 2.67. The third kappa shape index (κ3) is 3.08. The molecule has 1 aliphatic heterocycles. The van der Waals surface area contributed by atoms with E-state index in [-0.39, 0.29) is 0 Å². The molecule has 1 heterocycles. The molecule has 1 aliphatic rings. The number of nitrogens with zero attached hydrogens (tertiary/aromatic N) is 1. The number of aliphatic imine (C=N–C) groups is 1. The minimum atomic E-state index is 0.902. The smallest absolute Gasteiger partial charge is 0.0965 e. The maximum absolute atomic E-state index is 4.47. The van der Waals surface area contributed by atoms with Crippen molar-refractivity contribution in [2.45, 2.75) is 32.7 Å². The molecule has 0 spiro atoms. The molecule has 0 atom stereocenters. The monoisotopic (exact) mass is 202 g/mol. The molecule has 0 aromatic heterocycles. The first-order valence-electron chi connectivity index (χ1n) is 5.67. The van der Waals surface area contributed by atoms with Crippen LogP contribution in [0, 0.1) is 6.92 Å². The van der Waals surface area contributed by atoms with E-state index in [2.05, 4.69) is 41.5 Å². The van der Waals surface area contributed by atoms with Gasteiger partial charge in [0.05, 0.1) is 5.84 Å². The Hall–Kier alpha value is -1.31. The van der Waals surface area contributed by atoms with Gasteiger partial charge in [0.2, 0.25) is 0 Å². The molecule has 1 N–H and O–H groups in total. The van der Waals surface area contributed by atoms with Crippen molar-refractivity contribution in [3.63, 3.8) is 0 Å².